The standard InChI is InChI=1S/C12H23Cl/c1-5-6-7-8-9-10-11(13)12(2,3)4/h5,11H,1,6-10H2,2-4H3. The topological polar surface area (TPSA) is 0 Å². The van der Waals surface area contributed by atoms with Crippen molar-refractivity contribution in [1.82, 2.24) is 0 Å². The van der Waals surface area contributed by atoms with Gasteiger partial charge in [-0.3, -0.25) is 0 Å². The van der Waals surface area contributed by atoms with E-state index in [1.165, 1.54) is 19.3 Å². The highest BCUT2D eigenvalue weighted by Gasteiger charge is 2.21. The first-order valence-electron chi connectivity index (χ1n) is 5.23. The van der Waals surface area contributed by atoms with E-state index in [2.05, 4.69) is 27.4 Å². The maximum atomic E-state index is 6.25. The molecular formula is C12H23Cl. The quantitative estimate of drug-likeness (QED) is 0.331. The van der Waals surface area contributed by atoms with Gasteiger partial charge in [0.15, 0.2) is 0 Å². The summed E-state index contributed by atoms with van der Waals surface area (Å²) in [5.41, 5.74) is 0.250. The smallest absolute Gasteiger partial charge is 0.0384 e. The van der Waals surface area contributed by atoms with Crippen LogP contribution in [-0.4, -0.2) is 5.38 Å². The molecule has 0 amide bonds. The molecule has 1 heteroatoms. The molecule has 0 aliphatic heterocycles. The molecule has 0 heterocycles. The van der Waals surface area contributed by atoms with E-state index < -0.39 is 0 Å². The van der Waals surface area contributed by atoms with Crippen LogP contribution < -0.4 is 0 Å². The van der Waals surface area contributed by atoms with Crippen molar-refractivity contribution in [3.05, 3.63) is 12.7 Å². The monoisotopic (exact) mass is 202 g/mol. The van der Waals surface area contributed by atoms with Crippen LogP contribution in [0.2, 0.25) is 0 Å². The number of rotatable bonds is 6. The molecule has 0 rings (SSSR count). The van der Waals surface area contributed by atoms with Crippen molar-refractivity contribution < 1.29 is 0 Å². The lowest BCUT2D eigenvalue weighted by Gasteiger charge is -2.24. The van der Waals surface area contributed by atoms with Crippen molar-refractivity contribution >= 4 is 11.6 Å². The Bertz CT molecular complexity index is 133. The van der Waals surface area contributed by atoms with Crippen LogP contribution in [0.25, 0.3) is 0 Å². The van der Waals surface area contributed by atoms with E-state index in [9.17, 15) is 0 Å². The van der Waals surface area contributed by atoms with Gasteiger partial charge in [-0.05, 0) is 24.7 Å². The summed E-state index contributed by atoms with van der Waals surface area (Å²) in [6.45, 7) is 10.3. The maximum absolute atomic E-state index is 6.25. The lowest BCUT2D eigenvalue weighted by Crippen LogP contribution is -2.20. The van der Waals surface area contributed by atoms with Crippen LogP contribution in [0.3, 0.4) is 0 Å². The summed E-state index contributed by atoms with van der Waals surface area (Å²) in [5, 5.41) is 0.316. The lowest BCUT2D eigenvalue weighted by atomic mass is 9.88. The molecule has 0 saturated carbocycles. The molecule has 13 heavy (non-hydrogen) atoms. The van der Waals surface area contributed by atoms with E-state index >= 15 is 0 Å². The molecule has 0 aromatic rings. The molecule has 0 aliphatic carbocycles. The average Bonchev–Trinajstić information content (AvgIpc) is 2.02. The van der Waals surface area contributed by atoms with Crippen LogP contribution in [0.15, 0.2) is 12.7 Å². The van der Waals surface area contributed by atoms with E-state index in [1.807, 2.05) is 6.08 Å². The van der Waals surface area contributed by atoms with Crippen molar-refractivity contribution in [2.45, 2.75) is 58.3 Å². The normalized spacial score (nSPS) is 14.2. The van der Waals surface area contributed by atoms with Gasteiger partial charge in [0, 0.05) is 5.38 Å². The first-order chi connectivity index (χ1) is 5.98. The molecule has 78 valence electrons. The molecule has 0 bridgehead atoms. The molecule has 1 unspecified atom stereocenters. The molecule has 0 saturated heterocycles. The Morgan fingerprint density at radius 1 is 1.23 bits per heavy atom. The second kappa shape index (κ2) is 6.48. The number of alkyl halides is 1. The largest absolute Gasteiger partial charge is 0.122 e. The first kappa shape index (κ1) is 13.0. The Balaban J connectivity index is 3.37. The van der Waals surface area contributed by atoms with Crippen molar-refractivity contribution in [2.75, 3.05) is 0 Å². The van der Waals surface area contributed by atoms with E-state index in [-0.39, 0.29) is 5.41 Å². The average molecular weight is 203 g/mol. The predicted molar refractivity (Wildman–Crippen MR) is 62.4 cm³/mol. The fourth-order valence-electron chi connectivity index (χ4n) is 1.22. The summed E-state index contributed by atoms with van der Waals surface area (Å²) >= 11 is 6.25. The Hall–Kier alpha value is 0.0300. The van der Waals surface area contributed by atoms with E-state index in [0.29, 0.717) is 5.38 Å². The number of hydrogen-bond acceptors (Lipinski definition) is 0. The zero-order valence-electron chi connectivity index (χ0n) is 9.28. The van der Waals surface area contributed by atoms with Gasteiger partial charge >= 0.3 is 0 Å². The number of halogens is 1. The highest BCUT2D eigenvalue weighted by atomic mass is 35.5. The van der Waals surface area contributed by atoms with Gasteiger partial charge in [0.2, 0.25) is 0 Å². The van der Waals surface area contributed by atoms with Crippen molar-refractivity contribution in [3.63, 3.8) is 0 Å². The van der Waals surface area contributed by atoms with Gasteiger partial charge in [-0.2, -0.15) is 0 Å². The summed E-state index contributed by atoms with van der Waals surface area (Å²) in [4.78, 5) is 0. The molecule has 0 radical (unpaired) electrons. The summed E-state index contributed by atoms with van der Waals surface area (Å²) in [5.74, 6) is 0. The minimum Gasteiger partial charge on any atom is -0.122 e. The van der Waals surface area contributed by atoms with Gasteiger partial charge in [0.25, 0.3) is 0 Å². The second-order valence-electron chi connectivity index (χ2n) is 4.76. The van der Waals surface area contributed by atoms with Crippen molar-refractivity contribution in [3.8, 4) is 0 Å². The van der Waals surface area contributed by atoms with E-state index in [1.54, 1.807) is 0 Å². The SMILES string of the molecule is C=CCCCCCC(Cl)C(C)(C)C. The third-order valence-electron chi connectivity index (χ3n) is 2.31. The molecule has 0 fully saturated rings. The predicted octanol–water partition coefficient (Wildman–Crippen LogP) is 4.78. The van der Waals surface area contributed by atoms with E-state index in [0.717, 1.165) is 12.8 Å². The van der Waals surface area contributed by atoms with Crippen molar-refractivity contribution in [1.29, 1.82) is 0 Å². The van der Waals surface area contributed by atoms with Gasteiger partial charge in [0.1, 0.15) is 0 Å². The third kappa shape index (κ3) is 7.13. The Morgan fingerprint density at radius 3 is 2.31 bits per heavy atom. The summed E-state index contributed by atoms with van der Waals surface area (Å²) in [6, 6.07) is 0. The molecule has 0 aliphatic rings. The highest BCUT2D eigenvalue weighted by molar-refractivity contribution is 6.21. The van der Waals surface area contributed by atoms with Crippen LogP contribution in [0.1, 0.15) is 52.9 Å². The van der Waals surface area contributed by atoms with Crippen molar-refractivity contribution in [2.24, 2.45) is 5.41 Å². The first-order valence-corrected chi connectivity index (χ1v) is 5.67. The van der Waals surface area contributed by atoms with Gasteiger partial charge in [-0.15, -0.1) is 18.2 Å². The minimum atomic E-state index is 0.250. The molecule has 0 aromatic heterocycles. The van der Waals surface area contributed by atoms with Gasteiger partial charge < -0.3 is 0 Å². The lowest BCUT2D eigenvalue weighted by molar-refractivity contribution is 0.365. The number of unbranched alkanes of at least 4 members (excludes halogenated alkanes) is 3. The summed E-state index contributed by atoms with van der Waals surface area (Å²) in [6.07, 6.45) is 8.06. The minimum absolute atomic E-state index is 0.250. The molecule has 0 spiro atoms. The van der Waals surface area contributed by atoms with Gasteiger partial charge in [0.05, 0.1) is 0 Å². The fraction of sp³-hybridized carbons (Fsp3) is 0.833. The van der Waals surface area contributed by atoms with Gasteiger partial charge in [-0.1, -0.05) is 39.7 Å². The zero-order chi connectivity index (χ0) is 10.3. The molecule has 1 atom stereocenters. The molecule has 0 aromatic carbocycles. The fourth-order valence-corrected chi connectivity index (χ4v) is 1.38. The summed E-state index contributed by atoms with van der Waals surface area (Å²) < 4.78 is 0. The Labute approximate surface area is 88.4 Å². The molecule has 0 N–H and O–H groups in total. The zero-order valence-corrected chi connectivity index (χ0v) is 10.0. The maximum Gasteiger partial charge on any atom is 0.0384 e. The second-order valence-corrected chi connectivity index (χ2v) is 5.29. The Kier molecular flexibility index (Phi) is 6.49. The van der Waals surface area contributed by atoms with Crippen LogP contribution >= 0.6 is 11.6 Å². The van der Waals surface area contributed by atoms with Crippen LogP contribution in [-0.2, 0) is 0 Å². The van der Waals surface area contributed by atoms with Crippen LogP contribution in [0.4, 0.5) is 0 Å². The number of hydrogen-bond donors (Lipinski definition) is 0. The van der Waals surface area contributed by atoms with Crippen LogP contribution in [0.5, 0.6) is 0 Å². The third-order valence-corrected chi connectivity index (χ3v) is 3.18. The highest BCUT2D eigenvalue weighted by Crippen LogP contribution is 2.28. The van der Waals surface area contributed by atoms with E-state index in [4.69, 9.17) is 11.6 Å². The van der Waals surface area contributed by atoms with Gasteiger partial charge in [-0.25, -0.2) is 0 Å². The van der Waals surface area contributed by atoms with Crippen LogP contribution in [0, 0.1) is 5.41 Å². The Morgan fingerprint density at radius 2 is 1.85 bits per heavy atom. The molecular weight excluding hydrogens is 180 g/mol. The molecule has 0 nitrogen and oxygen atoms in total. The number of allylic oxidation sites excluding steroid dienone is 1. The summed E-state index contributed by atoms with van der Waals surface area (Å²) in [7, 11) is 0.